The molecule has 0 bridgehead atoms. The number of hydrogen-bond acceptors (Lipinski definition) is 4. The molecule has 4 nitrogen and oxygen atoms in total. The van der Waals surface area contributed by atoms with Crippen LogP contribution in [0, 0.1) is 0 Å². The highest BCUT2D eigenvalue weighted by atomic mass is 35.5. The molecule has 2 fully saturated rings. The first kappa shape index (κ1) is 17.6. The lowest BCUT2D eigenvalue weighted by Crippen LogP contribution is -2.49. The van der Waals surface area contributed by atoms with Gasteiger partial charge in [0.1, 0.15) is 0 Å². The van der Waals surface area contributed by atoms with Crippen molar-refractivity contribution in [2.45, 2.75) is 17.4 Å². The molecular weight excluding hydrogens is 318 g/mol. The molecule has 0 aliphatic carbocycles. The van der Waals surface area contributed by atoms with E-state index >= 15 is 0 Å². The Balaban J connectivity index is 0.00000176. The zero-order valence-electron chi connectivity index (χ0n) is 12.7. The minimum atomic E-state index is 0. The number of nitrogens with zero attached hydrogens (tertiary/aromatic N) is 2. The molecule has 2 heterocycles. The highest BCUT2D eigenvalue weighted by molar-refractivity contribution is 8.00. The summed E-state index contributed by atoms with van der Waals surface area (Å²) in [5, 5.41) is 3.39. The maximum Gasteiger partial charge on any atom is 0.232 e. The van der Waals surface area contributed by atoms with Crippen LogP contribution in [0.1, 0.15) is 6.42 Å². The van der Waals surface area contributed by atoms with Crippen molar-refractivity contribution < 1.29 is 4.79 Å². The molecule has 2 aliphatic rings. The fourth-order valence-corrected chi connectivity index (χ4v) is 3.89. The number of rotatable bonds is 4. The molecule has 122 valence electrons. The molecule has 3 rings (SSSR count). The topological polar surface area (TPSA) is 35.6 Å². The van der Waals surface area contributed by atoms with Crippen LogP contribution in [0.15, 0.2) is 35.2 Å². The smallest absolute Gasteiger partial charge is 0.232 e. The maximum atomic E-state index is 12.3. The fourth-order valence-electron chi connectivity index (χ4n) is 3.07. The average molecular weight is 342 g/mol. The molecule has 1 aromatic rings. The minimum Gasteiger partial charge on any atom is -0.340 e. The van der Waals surface area contributed by atoms with Gasteiger partial charge in [-0.15, -0.1) is 24.2 Å². The van der Waals surface area contributed by atoms with Gasteiger partial charge in [0.15, 0.2) is 0 Å². The van der Waals surface area contributed by atoms with Crippen molar-refractivity contribution in [2.75, 3.05) is 45.0 Å². The third-order valence-electron chi connectivity index (χ3n) is 4.29. The maximum absolute atomic E-state index is 12.3. The molecule has 0 spiro atoms. The number of hydrogen-bond donors (Lipinski definition) is 1. The van der Waals surface area contributed by atoms with E-state index in [-0.39, 0.29) is 18.3 Å². The lowest BCUT2D eigenvalue weighted by atomic mass is 10.2. The summed E-state index contributed by atoms with van der Waals surface area (Å²) in [7, 11) is 0. The molecule has 1 aromatic carbocycles. The van der Waals surface area contributed by atoms with E-state index in [0.29, 0.717) is 11.8 Å². The number of benzene rings is 1. The first-order valence-electron chi connectivity index (χ1n) is 7.73. The summed E-state index contributed by atoms with van der Waals surface area (Å²) in [4.78, 5) is 18.1. The van der Waals surface area contributed by atoms with Crippen LogP contribution in [-0.4, -0.2) is 66.8 Å². The second-order valence-corrected chi connectivity index (χ2v) is 6.72. The van der Waals surface area contributed by atoms with Gasteiger partial charge in [0.25, 0.3) is 0 Å². The fraction of sp³-hybridized carbons (Fsp3) is 0.562. The van der Waals surface area contributed by atoms with E-state index in [1.54, 1.807) is 11.8 Å². The van der Waals surface area contributed by atoms with Gasteiger partial charge in [-0.05, 0) is 18.6 Å². The summed E-state index contributed by atoms with van der Waals surface area (Å²) < 4.78 is 0. The molecule has 0 radical (unpaired) electrons. The summed E-state index contributed by atoms with van der Waals surface area (Å²) in [6.07, 6.45) is 1.13. The molecule has 22 heavy (non-hydrogen) atoms. The van der Waals surface area contributed by atoms with Crippen molar-refractivity contribution in [3.63, 3.8) is 0 Å². The number of carbonyl (C=O) groups excluding carboxylic acids is 1. The number of thioether (sulfide) groups is 1. The molecule has 1 unspecified atom stereocenters. The standard InChI is InChI=1S/C16H23N3OS.ClH/c20-16(13-21-15-4-2-1-3-5-15)19-9-6-14(12-19)18-10-7-17-8-11-18;/h1-5,14,17H,6-13H2;1H. The molecule has 1 amide bonds. The second kappa shape index (κ2) is 8.77. The molecule has 0 saturated carbocycles. The number of halogens is 1. The molecule has 2 aliphatic heterocycles. The number of nitrogens with one attached hydrogen (secondary N) is 1. The van der Waals surface area contributed by atoms with E-state index in [2.05, 4.69) is 22.3 Å². The van der Waals surface area contributed by atoms with Crippen molar-refractivity contribution in [3.8, 4) is 0 Å². The lowest BCUT2D eigenvalue weighted by molar-refractivity contribution is -0.127. The van der Waals surface area contributed by atoms with E-state index in [4.69, 9.17) is 0 Å². The van der Waals surface area contributed by atoms with Crippen LogP contribution in [0.25, 0.3) is 0 Å². The third kappa shape index (κ3) is 4.62. The Kier molecular flexibility index (Phi) is 7.02. The van der Waals surface area contributed by atoms with Crippen molar-refractivity contribution >= 4 is 30.1 Å². The van der Waals surface area contributed by atoms with Gasteiger partial charge in [0.05, 0.1) is 5.75 Å². The Labute approximate surface area is 143 Å². The minimum absolute atomic E-state index is 0. The van der Waals surface area contributed by atoms with Crippen LogP contribution in [0.3, 0.4) is 0 Å². The Morgan fingerprint density at radius 3 is 2.64 bits per heavy atom. The van der Waals surface area contributed by atoms with Crippen LogP contribution >= 0.6 is 24.2 Å². The Bertz CT molecular complexity index is 468. The van der Waals surface area contributed by atoms with Gasteiger partial charge in [-0.3, -0.25) is 9.69 Å². The second-order valence-electron chi connectivity index (χ2n) is 5.67. The van der Waals surface area contributed by atoms with E-state index in [1.807, 2.05) is 23.1 Å². The van der Waals surface area contributed by atoms with Gasteiger partial charge in [-0.25, -0.2) is 0 Å². The summed E-state index contributed by atoms with van der Waals surface area (Å²) in [5.41, 5.74) is 0. The molecular formula is C16H24ClN3OS. The highest BCUT2D eigenvalue weighted by Gasteiger charge is 2.30. The van der Waals surface area contributed by atoms with Crippen LogP contribution in [0.5, 0.6) is 0 Å². The number of amides is 1. The Hall–Kier alpha value is -0.750. The SMILES string of the molecule is Cl.O=C(CSc1ccccc1)N1CCC(N2CCNCC2)C1. The molecule has 2 saturated heterocycles. The van der Waals surface area contributed by atoms with E-state index in [0.717, 1.165) is 45.7 Å². The summed E-state index contributed by atoms with van der Waals surface area (Å²) in [6.45, 7) is 6.22. The van der Waals surface area contributed by atoms with Gasteiger partial charge in [-0.1, -0.05) is 18.2 Å². The van der Waals surface area contributed by atoms with Crippen LogP contribution < -0.4 is 5.32 Å². The highest BCUT2D eigenvalue weighted by Crippen LogP contribution is 2.20. The van der Waals surface area contributed by atoms with Gasteiger partial charge >= 0.3 is 0 Å². The molecule has 1 atom stereocenters. The van der Waals surface area contributed by atoms with Crippen LogP contribution in [0.2, 0.25) is 0 Å². The first-order valence-corrected chi connectivity index (χ1v) is 8.72. The third-order valence-corrected chi connectivity index (χ3v) is 5.29. The molecule has 0 aromatic heterocycles. The average Bonchev–Trinajstić information content (AvgIpc) is 3.04. The Morgan fingerprint density at radius 2 is 1.91 bits per heavy atom. The largest absolute Gasteiger partial charge is 0.340 e. The van der Waals surface area contributed by atoms with E-state index in [9.17, 15) is 4.79 Å². The van der Waals surface area contributed by atoms with Crippen molar-refractivity contribution in [1.29, 1.82) is 0 Å². The predicted molar refractivity (Wildman–Crippen MR) is 93.8 cm³/mol. The summed E-state index contributed by atoms with van der Waals surface area (Å²) >= 11 is 1.64. The van der Waals surface area contributed by atoms with Crippen LogP contribution in [-0.2, 0) is 4.79 Å². The summed E-state index contributed by atoms with van der Waals surface area (Å²) in [5.74, 6) is 0.833. The zero-order chi connectivity index (χ0) is 14.5. The van der Waals surface area contributed by atoms with Crippen molar-refractivity contribution in [2.24, 2.45) is 0 Å². The number of likely N-dealkylation sites (tertiary alicyclic amines) is 1. The van der Waals surface area contributed by atoms with Gasteiger partial charge in [0, 0.05) is 50.2 Å². The van der Waals surface area contributed by atoms with Gasteiger partial charge in [-0.2, -0.15) is 0 Å². The zero-order valence-corrected chi connectivity index (χ0v) is 14.4. The number of carbonyl (C=O) groups is 1. The van der Waals surface area contributed by atoms with E-state index < -0.39 is 0 Å². The van der Waals surface area contributed by atoms with Gasteiger partial charge < -0.3 is 10.2 Å². The molecule has 1 N–H and O–H groups in total. The van der Waals surface area contributed by atoms with Gasteiger partial charge in [0.2, 0.25) is 5.91 Å². The first-order chi connectivity index (χ1) is 10.3. The Morgan fingerprint density at radius 1 is 1.18 bits per heavy atom. The molecule has 6 heteroatoms. The predicted octanol–water partition coefficient (Wildman–Crippen LogP) is 1.71. The summed E-state index contributed by atoms with van der Waals surface area (Å²) in [6, 6.07) is 10.7. The monoisotopic (exact) mass is 341 g/mol. The van der Waals surface area contributed by atoms with Crippen molar-refractivity contribution in [3.05, 3.63) is 30.3 Å². The van der Waals surface area contributed by atoms with E-state index in [1.165, 1.54) is 4.90 Å². The van der Waals surface area contributed by atoms with Crippen LogP contribution in [0.4, 0.5) is 0 Å². The lowest BCUT2D eigenvalue weighted by Gasteiger charge is -2.32. The quantitative estimate of drug-likeness (QED) is 0.846. The number of piperazine rings is 1. The van der Waals surface area contributed by atoms with Crippen molar-refractivity contribution in [1.82, 2.24) is 15.1 Å². The normalized spacial score (nSPS) is 22.4.